The number of aliphatic hydroxyl groups excluding tert-OH is 1. The van der Waals surface area contributed by atoms with Gasteiger partial charge in [-0.2, -0.15) is 0 Å². The number of hydrogen-bond acceptors (Lipinski definition) is 3. The number of benzene rings is 2. The largest absolute Gasteiger partial charge is 0.389 e. The third-order valence-corrected chi connectivity index (χ3v) is 4.22. The normalized spacial score (nSPS) is 13.0. The second-order valence-electron chi connectivity index (χ2n) is 4.36. The number of aliphatic hydroxyl groups is 1. The van der Waals surface area contributed by atoms with Crippen molar-refractivity contribution >= 4 is 31.5 Å². The molecule has 0 bridgehead atoms. The van der Waals surface area contributed by atoms with E-state index in [1.165, 1.54) is 0 Å². The molecule has 2 nitrogen and oxygen atoms in total. The Morgan fingerprint density at radius 3 is 2.56 bits per heavy atom. The van der Waals surface area contributed by atoms with Gasteiger partial charge in [-0.1, -0.05) is 18.2 Å². The van der Waals surface area contributed by atoms with Gasteiger partial charge in [-0.15, -0.1) is 11.3 Å². The highest BCUT2D eigenvalue weighted by molar-refractivity contribution is 7.24. The molecule has 1 N–H and O–H groups in total. The first kappa shape index (κ1) is 11.4. The van der Waals surface area contributed by atoms with Crippen molar-refractivity contribution in [3.63, 3.8) is 0 Å². The summed E-state index contributed by atoms with van der Waals surface area (Å²) in [4.78, 5) is 12.3. The zero-order chi connectivity index (χ0) is 12.7. The molecule has 0 aliphatic rings. The maximum absolute atomic E-state index is 12.3. The average Bonchev–Trinajstić information content (AvgIpc) is 2.38. The van der Waals surface area contributed by atoms with Crippen molar-refractivity contribution in [2.24, 2.45) is 0 Å². The van der Waals surface area contributed by atoms with Crippen LogP contribution in [0.15, 0.2) is 47.3 Å². The Hall–Kier alpha value is -1.71. The predicted octanol–water partition coefficient (Wildman–Crippen LogP) is 3.47. The summed E-state index contributed by atoms with van der Waals surface area (Å²) in [5, 5.41) is 11.1. The van der Waals surface area contributed by atoms with E-state index < -0.39 is 6.10 Å². The minimum absolute atomic E-state index is 0.0662. The fourth-order valence-electron chi connectivity index (χ4n) is 2.08. The van der Waals surface area contributed by atoms with Crippen LogP contribution in [0.5, 0.6) is 0 Å². The highest BCUT2D eigenvalue weighted by Crippen LogP contribution is 2.26. The molecule has 1 aromatic heterocycles. The third-order valence-electron chi connectivity index (χ3n) is 3.08. The molecular weight excluding hydrogens is 244 g/mol. The van der Waals surface area contributed by atoms with Gasteiger partial charge in [0.15, 0.2) is 5.43 Å². The molecule has 0 saturated heterocycles. The molecule has 1 heterocycles. The monoisotopic (exact) mass is 256 g/mol. The Bertz CT molecular complexity index is 787. The summed E-state index contributed by atoms with van der Waals surface area (Å²) in [6, 6.07) is 13.2. The van der Waals surface area contributed by atoms with Gasteiger partial charge < -0.3 is 5.11 Å². The van der Waals surface area contributed by atoms with Gasteiger partial charge in [-0.25, -0.2) is 0 Å². The molecule has 0 aliphatic carbocycles. The molecule has 0 saturated carbocycles. The highest BCUT2D eigenvalue weighted by atomic mass is 32.1. The van der Waals surface area contributed by atoms with Crippen LogP contribution in [-0.4, -0.2) is 5.11 Å². The minimum atomic E-state index is -0.511. The van der Waals surface area contributed by atoms with Gasteiger partial charge in [-0.3, -0.25) is 4.79 Å². The van der Waals surface area contributed by atoms with Gasteiger partial charge in [-0.05, 0) is 36.8 Å². The highest BCUT2D eigenvalue weighted by Gasteiger charge is 2.07. The fourth-order valence-corrected chi connectivity index (χ4v) is 3.20. The molecule has 1 unspecified atom stereocenters. The van der Waals surface area contributed by atoms with Gasteiger partial charge >= 0.3 is 0 Å². The summed E-state index contributed by atoms with van der Waals surface area (Å²) in [6.07, 6.45) is -0.511. The second-order valence-corrected chi connectivity index (χ2v) is 5.44. The summed E-state index contributed by atoms with van der Waals surface area (Å²) in [6.45, 7) is 1.73. The van der Waals surface area contributed by atoms with Crippen LogP contribution in [0, 0.1) is 0 Å². The van der Waals surface area contributed by atoms with Crippen molar-refractivity contribution < 1.29 is 5.11 Å². The van der Waals surface area contributed by atoms with E-state index in [1.54, 1.807) is 18.3 Å². The van der Waals surface area contributed by atoms with Crippen LogP contribution in [0.3, 0.4) is 0 Å². The van der Waals surface area contributed by atoms with Gasteiger partial charge in [0, 0.05) is 20.2 Å². The van der Waals surface area contributed by atoms with E-state index in [0.29, 0.717) is 0 Å². The Labute approximate surface area is 108 Å². The molecule has 90 valence electrons. The Morgan fingerprint density at radius 2 is 1.78 bits per heavy atom. The first-order valence-electron chi connectivity index (χ1n) is 5.80. The van der Waals surface area contributed by atoms with Gasteiger partial charge in [0.2, 0.25) is 0 Å². The third kappa shape index (κ3) is 1.72. The summed E-state index contributed by atoms with van der Waals surface area (Å²) < 4.78 is 1.91. The number of rotatable bonds is 1. The van der Waals surface area contributed by atoms with E-state index in [-0.39, 0.29) is 5.43 Å². The summed E-state index contributed by atoms with van der Waals surface area (Å²) in [5.41, 5.74) is 0.907. The summed E-state index contributed by atoms with van der Waals surface area (Å²) in [7, 11) is 0. The molecule has 0 radical (unpaired) electrons. The van der Waals surface area contributed by atoms with Crippen molar-refractivity contribution in [1.82, 2.24) is 0 Å². The van der Waals surface area contributed by atoms with Crippen LogP contribution < -0.4 is 5.43 Å². The maximum Gasteiger partial charge on any atom is 0.195 e. The maximum atomic E-state index is 12.3. The van der Waals surface area contributed by atoms with Crippen LogP contribution in [-0.2, 0) is 0 Å². The SMILES string of the molecule is CC(O)c1ccc2c(=O)c3ccccc3sc2c1. The summed E-state index contributed by atoms with van der Waals surface area (Å²) >= 11 is 1.59. The molecule has 0 fully saturated rings. The van der Waals surface area contributed by atoms with E-state index in [0.717, 1.165) is 25.7 Å². The molecule has 3 aromatic rings. The van der Waals surface area contributed by atoms with E-state index in [1.807, 2.05) is 42.5 Å². The van der Waals surface area contributed by atoms with Crippen LogP contribution in [0.4, 0.5) is 0 Å². The van der Waals surface area contributed by atoms with Crippen molar-refractivity contribution in [3.8, 4) is 0 Å². The lowest BCUT2D eigenvalue weighted by Crippen LogP contribution is -2.01. The van der Waals surface area contributed by atoms with Crippen LogP contribution in [0.1, 0.15) is 18.6 Å². The van der Waals surface area contributed by atoms with Crippen molar-refractivity contribution in [3.05, 3.63) is 58.3 Å². The number of fused-ring (bicyclic) bond motifs is 2. The molecule has 0 aliphatic heterocycles. The standard InChI is InChI=1S/C15H12O2S/c1-9(16)10-6-7-12-14(8-10)18-13-5-3-2-4-11(13)15(12)17/h2-9,16H,1H3. The Kier molecular flexibility index (Phi) is 2.65. The lowest BCUT2D eigenvalue weighted by molar-refractivity contribution is 0.199. The van der Waals surface area contributed by atoms with Crippen LogP contribution in [0.25, 0.3) is 20.2 Å². The quantitative estimate of drug-likeness (QED) is 0.677. The van der Waals surface area contributed by atoms with Crippen molar-refractivity contribution in [2.75, 3.05) is 0 Å². The molecular formula is C15H12O2S. The van der Waals surface area contributed by atoms with E-state index in [9.17, 15) is 9.90 Å². The second kappa shape index (κ2) is 4.19. The molecule has 2 aromatic carbocycles. The van der Waals surface area contributed by atoms with E-state index in [2.05, 4.69) is 0 Å². The smallest absolute Gasteiger partial charge is 0.195 e. The zero-order valence-corrected chi connectivity index (χ0v) is 10.7. The zero-order valence-electron chi connectivity index (χ0n) is 9.88. The molecule has 18 heavy (non-hydrogen) atoms. The predicted molar refractivity (Wildman–Crippen MR) is 76.2 cm³/mol. The minimum Gasteiger partial charge on any atom is -0.389 e. The van der Waals surface area contributed by atoms with Gasteiger partial charge in [0.25, 0.3) is 0 Å². The summed E-state index contributed by atoms with van der Waals surface area (Å²) in [5.74, 6) is 0. The topological polar surface area (TPSA) is 37.3 Å². The first-order chi connectivity index (χ1) is 8.66. The van der Waals surface area contributed by atoms with E-state index >= 15 is 0 Å². The van der Waals surface area contributed by atoms with Gasteiger partial charge in [0.1, 0.15) is 0 Å². The first-order valence-corrected chi connectivity index (χ1v) is 6.62. The Morgan fingerprint density at radius 1 is 1.06 bits per heavy atom. The van der Waals surface area contributed by atoms with E-state index in [4.69, 9.17) is 0 Å². The van der Waals surface area contributed by atoms with Crippen molar-refractivity contribution in [1.29, 1.82) is 0 Å². The number of hydrogen-bond donors (Lipinski definition) is 1. The lowest BCUT2D eigenvalue weighted by Gasteiger charge is -2.06. The molecule has 3 rings (SSSR count). The fraction of sp³-hybridized carbons (Fsp3) is 0.133. The van der Waals surface area contributed by atoms with Crippen molar-refractivity contribution in [2.45, 2.75) is 13.0 Å². The average molecular weight is 256 g/mol. The van der Waals surface area contributed by atoms with Crippen LogP contribution in [0.2, 0.25) is 0 Å². The Balaban J connectivity index is 2.44. The molecule has 0 amide bonds. The lowest BCUT2D eigenvalue weighted by atomic mass is 10.1. The molecule has 0 spiro atoms. The van der Waals surface area contributed by atoms with Gasteiger partial charge in [0.05, 0.1) is 6.10 Å². The molecule has 3 heteroatoms. The van der Waals surface area contributed by atoms with Crippen LogP contribution >= 0.6 is 11.3 Å². The molecule has 1 atom stereocenters.